The predicted octanol–water partition coefficient (Wildman–Crippen LogP) is 3.98. The van der Waals surface area contributed by atoms with E-state index in [0.29, 0.717) is 11.8 Å². The number of nitrogens with zero attached hydrogens (tertiary/aromatic N) is 1. The van der Waals surface area contributed by atoms with Crippen LogP contribution in [0.5, 0.6) is 0 Å². The number of benzene rings is 1. The van der Waals surface area contributed by atoms with Crippen LogP contribution in [0.4, 0.5) is 0 Å². The van der Waals surface area contributed by atoms with Gasteiger partial charge >= 0.3 is 0 Å². The first-order valence-electron chi connectivity index (χ1n) is 5.94. The molecule has 0 aromatic heterocycles. The summed E-state index contributed by atoms with van der Waals surface area (Å²) in [4.78, 5) is 0. The first-order valence-corrected chi connectivity index (χ1v) is 5.94. The molecule has 0 bridgehead atoms. The summed E-state index contributed by atoms with van der Waals surface area (Å²) in [5.74, 6) is 0.954. The highest BCUT2D eigenvalue weighted by Gasteiger charge is 2.28. The number of hydrogen-bond donors (Lipinski definition) is 0. The van der Waals surface area contributed by atoms with E-state index in [-0.39, 0.29) is 5.92 Å². The average molecular weight is 211 g/mol. The van der Waals surface area contributed by atoms with E-state index in [1.165, 1.54) is 11.1 Å². The van der Waals surface area contributed by atoms with Crippen LogP contribution in [0.15, 0.2) is 30.3 Å². The minimum absolute atomic E-state index is 0.0242. The molecule has 0 aliphatic heterocycles. The van der Waals surface area contributed by atoms with Crippen LogP contribution in [0.25, 0.3) is 6.08 Å². The summed E-state index contributed by atoms with van der Waals surface area (Å²) in [6.45, 7) is 4.42. The largest absolute Gasteiger partial charge is 0.198 e. The van der Waals surface area contributed by atoms with E-state index in [1.54, 1.807) is 0 Å². The molecule has 3 unspecified atom stereocenters. The van der Waals surface area contributed by atoms with Crippen molar-refractivity contribution in [2.24, 2.45) is 11.8 Å². The van der Waals surface area contributed by atoms with Gasteiger partial charge < -0.3 is 0 Å². The van der Waals surface area contributed by atoms with Crippen molar-refractivity contribution < 1.29 is 0 Å². The third-order valence-electron chi connectivity index (χ3n) is 3.65. The van der Waals surface area contributed by atoms with E-state index in [9.17, 15) is 5.26 Å². The van der Waals surface area contributed by atoms with Crippen LogP contribution in [0, 0.1) is 23.2 Å². The second kappa shape index (κ2) is 4.53. The third-order valence-corrected chi connectivity index (χ3v) is 3.65. The fraction of sp³-hybridized carbons (Fsp3) is 0.400. The predicted molar refractivity (Wildman–Crippen MR) is 66.8 cm³/mol. The SMILES string of the molecule is CCC(C)C1C=Cc2ccccc2C1C#N. The Morgan fingerprint density at radius 2 is 2.12 bits per heavy atom. The number of rotatable bonds is 2. The summed E-state index contributed by atoms with van der Waals surface area (Å²) in [6.07, 6.45) is 5.50. The summed E-state index contributed by atoms with van der Waals surface area (Å²) in [7, 11) is 0. The van der Waals surface area contributed by atoms with Gasteiger partial charge in [0.2, 0.25) is 0 Å². The van der Waals surface area contributed by atoms with Crippen LogP contribution < -0.4 is 0 Å². The molecule has 1 heteroatoms. The summed E-state index contributed by atoms with van der Waals surface area (Å²) in [5, 5.41) is 9.37. The molecular weight excluding hydrogens is 194 g/mol. The summed E-state index contributed by atoms with van der Waals surface area (Å²) in [5.41, 5.74) is 2.39. The number of fused-ring (bicyclic) bond motifs is 1. The molecule has 0 spiro atoms. The Labute approximate surface area is 97.4 Å². The Morgan fingerprint density at radius 3 is 2.81 bits per heavy atom. The van der Waals surface area contributed by atoms with Crippen LogP contribution in [-0.2, 0) is 0 Å². The van der Waals surface area contributed by atoms with Crippen LogP contribution in [0.3, 0.4) is 0 Å². The van der Waals surface area contributed by atoms with Crippen molar-refractivity contribution in [1.82, 2.24) is 0 Å². The van der Waals surface area contributed by atoms with E-state index >= 15 is 0 Å². The first kappa shape index (κ1) is 11.0. The van der Waals surface area contributed by atoms with Crippen LogP contribution in [0.1, 0.15) is 37.3 Å². The fourth-order valence-electron chi connectivity index (χ4n) is 2.43. The van der Waals surface area contributed by atoms with Gasteiger partial charge in [0.15, 0.2) is 0 Å². The minimum Gasteiger partial charge on any atom is -0.198 e. The quantitative estimate of drug-likeness (QED) is 0.725. The minimum atomic E-state index is 0.0242. The van der Waals surface area contributed by atoms with Crippen molar-refractivity contribution in [1.29, 1.82) is 5.26 Å². The molecule has 82 valence electrons. The van der Waals surface area contributed by atoms with Gasteiger partial charge in [-0.1, -0.05) is 56.7 Å². The summed E-state index contributed by atoms with van der Waals surface area (Å²) < 4.78 is 0. The number of allylic oxidation sites excluding steroid dienone is 1. The zero-order chi connectivity index (χ0) is 11.5. The molecule has 1 aliphatic carbocycles. The lowest BCUT2D eigenvalue weighted by molar-refractivity contribution is 0.388. The van der Waals surface area contributed by atoms with Crippen molar-refractivity contribution >= 4 is 6.08 Å². The van der Waals surface area contributed by atoms with Gasteiger partial charge in [-0.3, -0.25) is 0 Å². The number of hydrogen-bond acceptors (Lipinski definition) is 1. The molecule has 0 fully saturated rings. The molecule has 1 nitrogen and oxygen atoms in total. The molecule has 0 heterocycles. The average Bonchev–Trinajstić information content (AvgIpc) is 2.36. The number of nitriles is 1. The van der Waals surface area contributed by atoms with Gasteiger partial charge in [0, 0.05) is 0 Å². The molecule has 0 radical (unpaired) electrons. The highest BCUT2D eigenvalue weighted by Crippen LogP contribution is 2.38. The summed E-state index contributed by atoms with van der Waals surface area (Å²) >= 11 is 0. The standard InChI is InChI=1S/C15H17N/c1-3-11(2)13-9-8-12-6-4-5-7-14(12)15(13)10-16/h4-9,11,13,15H,3H2,1-2H3. The maximum Gasteiger partial charge on any atom is 0.0783 e. The Bertz CT molecular complexity index is 439. The van der Waals surface area contributed by atoms with Crippen LogP contribution in [0.2, 0.25) is 0 Å². The van der Waals surface area contributed by atoms with E-state index < -0.39 is 0 Å². The Balaban J connectivity index is 2.41. The molecule has 16 heavy (non-hydrogen) atoms. The van der Waals surface area contributed by atoms with Crippen molar-refractivity contribution in [3.63, 3.8) is 0 Å². The molecule has 3 atom stereocenters. The normalized spacial score (nSPS) is 24.6. The highest BCUT2D eigenvalue weighted by molar-refractivity contribution is 5.59. The first-order chi connectivity index (χ1) is 7.77. The molecule has 0 N–H and O–H groups in total. The Hall–Kier alpha value is -1.55. The smallest absolute Gasteiger partial charge is 0.0783 e. The second-order valence-corrected chi connectivity index (χ2v) is 4.56. The molecule has 1 aromatic rings. The lowest BCUT2D eigenvalue weighted by Crippen LogP contribution is -2.20. The van der Waals surface area contributed by atoms with E-state index in [0.717, 1.165) is 6.42 Å². The topological polar surface area (TPSA) is 23.8 Å². The van der Waals surface area contributed by atoms with Crippen molar-refractivity contribution in [2.45, 2.75) is 26.2 Å². The van der Waals surface area contributed by atoms with Crippen molar-refractivity contribution in [3.05, 3.63) is 41.5 Å². The van der Waals surface area contributed by atoms with E-state index in [1.807, 2.05) is 12.1 Å². The lowest BCUT2D eigenvalue weighted by atomic mass is 9.74. The van der Waals surface area contributed by atoms with Gasteiger partial charge in [0.05, 0.1) is 12.0 Å². The molecule has 1 aromatic carbocycles. The highest BCUT2D eigenvalue weighted by atomic mass is 14.4. The molecule has 1 aliphatic rings. The second-order valence-electron chi connectivity index (χ2n) is 4.56. The Kier molecular flexibility index (Phi) is 3.10. The van der Waals surface area contributed by atoms with Crippen LogP contribution in [-0.4, -0.2) is 0 Å². The monoisotopic (exact) mass is 211 g/mol. The molecule has 0 saturated heterocycles. The van der Waals surface area contributed by atoms with Crippen molar-refractivity contribution in [2.75, 3.05) is 0 Å². The van der Waals surface area contributed by atoms with E-state index in [2.05, 4.69) is 44.2 Å². The maximum absolute atomic E-state index is 9.37. The van der Waals surface area contributed by atoms with Gasteiger partial charge in [-0.25, -0.2) is 0 Å². The lowest BCUT2D eigenvalue weighted by Gasteiger charge is -2.29. The summed E-state index contributed by atoms with van der Waals surface area (Å²) in [6, 6.07) is 10.7. The van der Waals surface area contributed by atoms with Crippen molar-refractivity contribution in [3.8, 4) is 6.07 Å². The zero-order valence-corrected chi connectivity index (χ0v) is 9.85. The fourth-order valence-corrected chi connectivity index (χ4v) is 2.43. The van der Waals surface area contributed by atoms with Gasteiger partial charge in [0.1, 0.15) is 0 Å². The van der Waals surface area contributed by atoms with Gasteiger partial charge in [0.25, 0.3) is 0 Å². The molecular formula is C15H17N. The third kappa shape index (κ3) is 1.76. The van der Waals surface area contributed by atoms with Gasteiger partial charge in [-0.2, -0.15) is 5.26 Å². The molecule has 0 amide bonds. The van der Waals surface area contributed by atoms with Crippen LogP contribution >= 0.6 is 0 Å². The van der Waals surface area contributed by atoms with Gasteiger partial charge in [-0.05, 0) is 23.0 Å². The maximum atomic E-state index is 9.37. The molecule has 0 saturated carbocycles. The van der Waals surface area contributed by atoms with E-state index in [4.69, 9.17) is 0 Å². The zero-order valence-electron chi connectivity index (χ0n) is 9.85. The molecule has 2 rings (SSSR count). The van der Waals surface area contributed by atoms with Gasteiger partial charge in [-0.15, -0.1) is 0 Å². The Morgan fingerprint density at radius 1 is 1.38 bits per heavy atom.